The van der Waals surface area contributed by atoms with Crippen molar-refractivity contribution in [1.82, 2.24) is 15.3 Å². The molecule has 2 heterocycles. The highest BCUT2D eigenvalue weighted by Gasteiger charge is 2.18. The molecule has 150 valence electrons. The van der Waals surface area contributed by atoms with E-state index in [9.17, 15) is 4.79 Å². The van der Waals surface area contributed by atoms with Crippen LogP contribution in [0.5, 0.6) is 0 Å². The molecule has 0 bridgehead atoms. The van der Waals surface area contributed by atoms with Gasteiger partial charge >= 0.3 is 0 Å². The van der Waals surface area contributed by atoms with Gasteiger partial charge in [0.05, 0.1) is 19.1 Å². The summed E-state index contributed by atoms with van der Waals surface area (Å²) in [6.07, 6.45) is 0.771. The average molecular weight is 383 g/mol. The molecule has 3 rings (SSSR count). The van der Waals surface area contributed by atoms with E-state index < -0.39 is 0 Å². The lowest BCUT2D eigenvalue weighted by Crippen LogP contribution is -2.37. The van der Waals surface area contributed by atoms with Crippen molar-refractivity contribution in [2.75, 3.05) is 49.6 Å². The normalized spacial score (nSPS) is 15.1. The molecule has 1 saturated heterocycles. The molecule has 7 heteroatoms. The SMILES string of the molecule is CCC(C(=O)NCCNc1nc(C)cc(N2CCOCC2)n1)c1ccccc1. The summed E-state index contributed by atoms with van der Waals surface area (Å²) in [6, 6.07) is 11.9. The van der Waals surface area contributed by atoms with Crippen LogP contribution in [-0.4, -0.2) is 55.3 Å². The third-order valence-electron chi connectivity index (χ3n) is 4.81. The van der Waals surface area contributed by atoms with Crippen LogP contribution in [-0.2, 0) is 9.53 Å². The Morgan fingerprint density at radius 3 is 2.64 bits per heavy atom. The van der Waals surface area contributed by atoms with E-state index in [1.54, 1.807) is 0 Å². The largest absolute Gasteiger partial charge is 0.378 e. The number of hydrogen-bond donors (Lipinski definition) is 2. The van der Waals surface area contributed by atoms with Gasteiger partial charge in [-0.05, 0) is 18.9 Å². The quantitative estimate of drug-likeness (QED) is 0.681. The lowest BCUT2D eigenvalue weighted by atomic mass is 9.96. The highest BCUT2D eigenvalue weighted by Crippen LogP contribution is 2.19. The van der Waals surface area contributed by atoms with Crippen LogP contribution in [0, 0.1) is 6.92 Å². The topological polar surface area (TPSA) is 79.4 Å². The van der Waals surface area contributed by atoms with Crippen molar-refractivity contribution in [3.63, 3.8) is 0 Å². The molecule has 7 nitrogen and oxygen atoms in total. The zero-order valence-electron chi connectivity index (χ0n) is 16.6. The minimum absolute atomic E-state index is 0.0506. The molecule has 2 aromatic rings. The van der Waals surface area contributed by atoms with Crippen LogP contribution in [0.1, 0.15) is 30.5 Å². The van der Waals surface area contributed by atoms with Crippen LogP contribution in [0.2, 0.25) is 0 Å². The second-order valence-corrected chi connectivity index (χ2v) is 6.88. The summed E-state index contributed by atoms with van der Waals surface area (Å²) in [5.41, 5.74) is 1.96. The van der Waals surface area contributed by atoms with Crippen molar-refractivity contribution in [1.29, 1.82) is 0 Å². The third-order valence-corrected chi connectivity index (χ3v) is 4.81. The standard InChI is InChI=1S/C21H29N5O2/c1-3-18(17-7-5-4-6-8-17)20(27)22-9-10-23-21-24-16(2)15-19(25-21)26-11-13-28-14-12-26/h4-8,15,18H,3,9-14H2,1-2H3,(H,22,27)(H,23,24,25). The number of aromatic nitrogens is 2. The van der Waals surface area contributed by atoms with Gasteiger partial charge in [0.1, 0.15) is 5.82 Å². The first-order chi connectivity index (χ1) is 13.7. The number of ether oxygens (including phenoxy) is 1. The molecule has 1 atom stereocenters. The number of rotatable bonds is 8. The maximum absolute atomic E-state index is 12.5. The summed E-state index contributed by atoms with van der Waals surface area (Å²) < 4.78 is 5.40. The Morgan fingerprint density at radius 2 is 1.93 bits per heavy atom. The number of carbonyl (C=O) groups excluding carboxylic acids is 1. The summed E-state index contributed by atoms with van der Waals surface area (Å²) in [6.45, 7) is 8.20. The Labute approximate surface area is 166 Å². The average Bonchev–Trinajstić information content (AvgIpc) is 2.73. The molecule has 1 aliphatic heterocycles. The highest BCUT2D eigenvalue weighted by molar-refractivity contribution is 5.83. The molecule has 28 heavy (non-hydrogen) atoms. The molecule has 0 radical (unpaired) electrons. The fraction of sp³-hybridized carbons (Fsp3) is 0.476. The van der Waals surface area contributed by atoms with Gasteiger partial charge < -0.3 is 20.3 Å². The van der Waals surface area contributed by atoms with Gasteiger partial charge in [-0.25, -0.2) is 4.98 Å². The molecule has 0 saturated carbocycles. The number of nitrogens with one attached hydrogen (secondary N) is 2. The molecule has 2 N–H and O–H groups in total. The predicted molar refractivity (Wildman–Crippen MR) is 111 cm³/mol. The van der Waals surface area contributed by atoms with E-state index >= 15 is 0 Å². The van der Waals surface area contributed by atoms with Crippen LogP contribution < -0.4 is 15.5 Å². The van der Waals surface area contributed by atoms with Gasteiger partial charge in [-0.3, -0.25) is 4.79 Å². The lowest BCUT2D eigenvalue weighted by Gasteiger charge is -2.28. The first-order valence-corrected chi connectivity index (χ1v) is 9.92. The number of benzene rings is 1. The maximum atomic E-state index is 12.5. The first-order valence-electron chi connectivity index (χ1n) is 9.92. The summed E-state index contributed by atoms with van der Waals surface area (Å²) >= 11 is 0. The monoisotopic (exact) mass is 383 g/mol. The Kier molecular flexibility index (Phi) is 7.19. The van der Waals surface area contributed by atoms with E-state index in [4.69, 9.17) is 4.74 Å². The van der Waals surface area contributed by atoms with Crippen LogP contribution >= 0.6 is 0 Å². The van der Waals surface area contributed by atoms with Gasteiger partial charge in [-0.2, -0.15) is 4.98 Å². The molecular weight excluding hydrogens is 354 g/mol. The van der Waals surface area contributed by atoms with Gasteiger partial charge in [0.15, 0.2) is 0 Å². The van der Waals surface area contributed by atoms with E-state index in [-0.39, 0.29) is 11.8 Å². The molecule has 1 fully saturated rings. The van der Waals surface area contributed by atoms with Crippen molar-refractivity contribution in [3.05, 3.63) is 47.7 Å². The molecular formula is C21H29N5O2. The Hall–Kier alpha value is -2.67. The van der Waals surface area contributed by atoms with E-state index in [1.807, 2.05) is 50.2 Å². The van der Waals surface area contributed by atoms with Crippen LogP contribution in [0.4, 0.5) is 11.8 Å². The summed E-state index contributed by atoms with van der Waals surface area (Å²) in [5, 5.41) is 6.23. The minimum atomic E-state index is -0.121. The summed E-state index contributed by atoms with van der Waals surface area (Å²) in [7, 11) is 0. The molecule has 0 spiro atoms. The molecule has 1 aromatic heterocycles. The molecule has 1 aromatic carbocycles. The summed E-state index contributed by atoms with van der Waals surface area (Å²) in [4.78, 5) is 23.8. The smallest absolute Gasteiger partial charge is 0.227 e. The number of hydrogen-bond acceptors (Lipinski definition) is 6. The highest BCUT2D eigenvalue weighted by atomic mass is 16.5. The second-order valence-electron chi connectivity index (χ2n) is 6.88. The van der Waals surface area contributed by atoms with E-state index in [0.717, 1.165) is 49.8 Å². The summed E-state index contributed by atoms with van der Waals surface area (Å²) in [5.74, 6) is 1.43. The van der Waals surface area contributed by atoms with E-state index in [2.05, 4.69) is 25.5 Å². The van der Waals surface area contributed by atoms with Gasteiger partial charge in [0, 0.05) is 37.9 Å². The molecule has 1 amide bonds. The van der Waals surface area contributed by atoms with E-state index in [0.29, 0.717) is 19.0 Å². The van der Waals surface area contributed by atoms with Crippen LogP contribution in [0.25, 0.3) is 0 Å². The second kappa shape index (κ2) is 10.0. The third kappa shape index (κ3) is 5.42. The van der Waals surface area contributed by atoms with Crippen molar-refractivity contribution in [3.8, 4) is 0 Å². The Balaban J connectivity index is 1.50. The Morgan fingerprint density at radius 1 is 1.18 bits per heavy atom. The number of morpholine rings is 1. The number of nitrogens with zero attached hydrogens (tertiary/aromatic N) is 3. The fourth-order valence-corrected chi connectivity index (χ4v) is 3.33. The minimum Gasteiger partial charge on any atom is -0.378 e. The van der Waals surface area contributed by atoms with Crippen LogP contribution in [0.15, 0.2) is 36.4 Å². The number of aryl methyl sites for hydroxylation is 1. The first kappa shape index (κ1) is 20.1. The number of amides is 1. The van der Waals surface area contributed by atoms with Crippen molar-refractivity contribution in [2.45, 2.75) is 26.2 Å². The Bertz CT molecular complexity index is 763. The van der Waals surface area contributed by atoms with Crippen LogP contribution in [0.3, 0.4) is 0 Å². The number of carbonyl (C=O) groups is 1. The van der Waals surface area contributed by atoms with Gasteiger partial charge in [0.25, 0.3) is 0 Å². The van der Waals surface area contributed by atoms with Gasteiger partial charge in [-0.15, -0.1) is 0 Å². The lowest BCUT2D eigenvalue weighted by molar-refractivity contribution is -0.122. The zero-order chi connectivity index (χ0) is 19.8. The predicted octanol–water partition coefficient (Wildman–Crippen LogP) is 2.34. The van der Waals surface area contributed by atoms with Gasteiger partial charge in [-0.1, -0.05) is 37.3 Å². The van der Waals surface area contributed by atoms with Crippen molar-refractivity contribution in [2.24, 2.45) is 0 Å². The molecule has 1 unspecified atom stereocenters. The van der Waals surface area contributed by atoms with E-state index in [1.165, 1.54) is 0 Å². The fourth-order valence-electron chi connectivity index (χ4n) is 3.33. The van der Waals surface area contributed by atoms with Gasteiger partial charge in [0.2, 0.25) is 11.9 Å². The van der Waals surface area contributed by atoms with Crippen molar-refractivity contribution < 1.29 is 9.53 Å². The van der Waals surface area contributed by atoms with Crippen molar-refractivity contribution >= 4 is 17.7 Å². The number of anilines is 2. The zero-order valence-corrected chi connectivity index (χ0v) is 16.6. The molecule has 0 aliphatic carbocycles. The molecule has 1 aliphatic rings. The maximum Gasteiger partial charge on any atom is 0.227 e.